The molecule has 1 N–H and O–H groups in total. The maximum atomic E-state index is 12.8. The van der Waals surface area contributed by atoms with Gasteiger partial charge in [-0.15, -0.1) is 0 Å². The minimum Gasteiger partial charge on any atom is -0.451 e. The van der Waals surface area contributed by atoms with Crippen LogP contribution < -0.4 is 5.32 Å². The molecule has 1 aliphatic carbocycles. The average Bonchev–Trinajstić information content (AvgIpc) is 2.78. The van der Waals surface area contributed by atoms with Crippen molar-refractivity contribution in [3.63, 3.8) is 0 Å². The summed E-state index contributed by atoms with van der Waals surface area (Å²) in [7, 11) is 0. The second kappa shape index (κ2) is 6.23. The second-order valence-corrected chi connectivity index (χ2v) is 6.54. The lowest BCUT2D eigenvalue weighted by atomic mass is 9.78. The quantitative estimate of drug-likeness (QED) is 0.682. The molecule has 1 aliphatic heterocycles. The lowest BCUT2D eigenvalue weighted by molar-refractivity contribution is -0.149. The van der Waals surface area contributed by atoms with Gasteiger partial charge in [0.15, 0.2) is 5.78 Å². The summed E-state index contributed by atoms with van der Waals surface area (Å²) in [6.45, 7) is 3.13. The third kappa shape index (κ3) is 2.86. The SMILES string of the molecule is CC(=O)c1cccc(NC(=O)C2=C(C)C(=O)OC23CCCCC3)c1. The molecular weight excluding hydrogens is 306 g/mol. The topological polar surface area (TPSA) is 72.5 Å². The largest absolute Gasteiger partial charge is 0.451 e. The number of Topliss-reactive ketones (excluding diaryl/α,β-unsaturated/α-hetero) is 1. The van der Waals surface area contributed by atoms with E-state index in [4.69, 9.17) is 4.74 Å². The van der Waals surface area contributed by atoms with Crippen LogP contribution in [0.15, 0.2) is 35.4 Å². The minimum atomic E-state index is -0.776. The predicted octanol–water partition coefficient (Wildman–Crippen LogP) is 3.40. The smallest absolute Gasteiger partial charge is 0.335 e. The van der Waals surface area contributed by atoms with Crippen molar-refractivity contribution in [2.24, 2.45) is 0 Å². The van der Waals surface area contributed by atoms with Crippen LogP contribution in [0.25, 0.3) is 0 Å². The first-order valence-electron chi connectivity index (χ1n) is 8.30. The molecule has 2 aliphatic rings. The normalized spacial score (nSPS) is 19.3. The summed E-state index contributed by atoms with van der Waals surface area (Å²) in [6, 6.07) is 6.79. The number of benzene rings is 1. The fraction of sp³-hybridized carbons (Fsp3) is 0.421. The highest BCUT2D eigenvalue weighted by Gasteiger charge is 2.49. The second-order valence-electron chi connectivity index (χ2n) is 6.54. The molecule has 5 heteroatoms. The minimum absolute atomic E-state index is 0.0652. The number of rotatable bonds is 3. The Morgan fingerprint density at radius 3 is 2.54 bits per heavy atom. The van der Waals surface area contributed by atoms with Gasteiger partial charge >= 0.3 is 5.97 Å². The Morgan fingerprint density at radius 1 is 1.17 bits per heavy atom. The number of anilines is 1. The highest BCUT2D eigenvalue weighted by Crippen LogP contribution is 2.44. The highest BCUT2D eigenvalue weighted by molar-refractivity contribution is 6.12. The van der Waals surface area contributed by atoms with Gasteiger partial charge in [-0.3, -0.25) is 9.59 Å². The standard InChI is InChI=1S/C19H21NO4/c1-12-16(19(24-18(12)23)9-4-3-5-10-19)17(22)20-15-8-6-7-14(11-15)13(2)21/h6-8,11H,3-5,9-10H2,1-2H3,(H,20,22). The number of ether oxygens (including phenoxy) is 1. The van der Waals surface area contributed by atoms with Gasteiger partial charge in [-0.2, -0.15) is 0 Å². The van der Waals surface area contributed by atoms with E-state index in [1.54, 1.807) is 31.2 Å². The van der Waals surface area contributed by atoms with E-state index in [9.17, 15) is 14.4 Å². The molecule has 0 saturated heterocycles. The molecule has 3 rings (SSSR count). The first-order chi connectivity index (χ1) is 11.4. The molecule has 1 aromatic rings. The van der Waals surface area contributed by atoms with E-state index >= 15 is 0 Å². The fourth-order valence-corrected chi connectivity index (χ4v) is 3.61. The van der Waals surface area contributed by atoms with Gasteiger partial charge in [-0.05, 0) is 51.7 Å². The monoisotopic (exact) mass is 327 g/mol. The van der Waals surface area contributed by atoms with Crippen LogP contribution in [0.1, 0.15) is 56.3 Å². The average molecular weight is 327 g/mol. The highest BCUT2D eigenvalue weighted by atomic mass is 16.6. The van der Waals surface area contributed by atoms with Crippen molar-refractivity contribution in [3.05, 3.63) is 41.0 Å². The summed E-state index contributed by atoms with van der Waals surface area (Å²) in [5, 5.41) is 2.82. The zero-order valence-corrected chi connectivity index (χ0v) is 14.0. The molecule has 126 valence electrons. The summed E-state index contributed by atoms with van der Waals surface area (Å²) >= 11 is 0. The summed E-state index contributed by atoms with van der Waals surface area (Å²) in [5.41, 5.74) is 1.13. The molecule has 5 nitrogen and oxygen atoms in total. The number of amides is 1. The van der Waals surface area contributed by atoms with Crippen molar-refractivity contribution in [2.75, 3.05) is 5.32 Å². The van der Waals surface area contributed by atoms with Crippen molar-refractivity contribution >= 4 is 23.3 Å². The summed E-state index contributed by atoms with van der Waals surface area (Å²) in [4.78, 5) is 36.4. The number of ketones is 1. The molecule has 0 aromatic heterocycles. The molecule has 1 aromatic carbocycles. The van der Waals surface area contributed by atoms with Crippen LogP contribution in [0.5, 0.6) is 0 Å². The Bertz CT molecular complexity index is 741. The summed E-state index contributed by atoms with van der Waals surface area (Å²) in [6.07, 6.45) is 4.35. The van der Waals surface area contributed by atoms with Gasteiger partial charge in [-0.25, -0.2) is 4.79 Å². The molecule has 24 heavy (non-hydrogen) atoms. The van der Waals surface area contributed by atoms with Gasteiger partial charge in [-0.1, -0.05) is 18.6 Å². The molecule has 1 saturated carbocycles. The fourth-order valence-electron chi connectivity index (χ4n) is 3.61. The summed E-state index contributed by atoms with van der Waals surface area (Å²) < 4.78 is 5.61. The van der Waals surface area contributed by atoms with Crippen molar-refractivity contribution in [2.45, 2.75) is 51.6 Å². The van der Waals surface area contributed by atoms with E-state index < -0.39 is 11.6 Å². The molecule has 0 unspecified atom stereocenters. The van der Waals surface area contributed by atoms with Crippen LogP contribution in [-0.2, 0) is 14.3 Å². The zero-order chi connectivity index (χ0) is 17.3. The molecule has 0 radical (unpaired) electrons. The van der Waals surface area contributed by atoms with Gasteiger partial charge in [0, 0.05) is 16.8 Å². The zero-order valence-electron chi connectivity index (χ0n) is 14.0. The van der Waals surface area contributed by atoms with Gasteiger partial charge in [0.2, 0.25) is 0 Å². The van der Waals surface area contributed by atoms with Crippen molar-refractivity contribution in [1.82, 2.24) is 0 Å². The maximum Gasteiger partial charge on any atom is 0.335 e. The van der Waals surface area contributed by atoms with Crippen LogP contribution in [0.2, 0.25) is 0 Å². The van der Waals surface area contributed by atoms with E-state index in [0.717, 1.165) is 19.3 Å². The molecule has 0 bridgehead atoms. The lowest BCUT2D eigenvalue weighted by Crippen LogP contribution is -2.39. The van der Waals surface area contributed by atoms with E-state index in [1.807, 2.05) is 0 Å². The molecule has 0 atom stereocenters. The van der Waals surface area contributed by atoms with Gasteiger partial charge < -0.3 is 10.1 Å². The van der Waals surface area contributed by atoms with Crippen LogP contribution in [0.3, 0.4) is 0 Å². The van der Waals surface area contributed by atoms with Gasteiger partial charge in [0.1, 0.15) is 5.60 Å². The van der Waals surface area contributed by atoms with E-state index in [0.29, 0.717) is 35.2 Å². The first-order valence-corrected chi connectivity index (χ1v) is 8.30. The van der Waals surface area contributed by atoms with Crippen LogP contribution >= 0.6 is 0 Å². The third-order valence-corrected chi connectivity index (χ3v) is 4.84. The molecular formula is C19H21NO4. The number of nitrogens with one attached hydrogen (secondary N) is 1. The van der Waals surface area contributed by atoms with Crippen molar-refractivity contribution in [1.29, 1.82) is 0 Å². The van der Waals surface area contributed by atoms with Crippen molar-refractivity contribution < 1.29 is 19.1 Å². The van der Waals surface area contributed by atoms with Gasteiger partial charge in [0.05, 0.1) is 5.57 Å². The first kappa shape index (κ1) is 16.4. The van der Waals surface area contributed by atoms with Crippen LogP contribution in [-0.4, -0.2) is 23.3 Å². The lowest BCUT2D eigenvalue weighted by Gasteiger charge is -2.34. The van der Waals surface area contributed by atoms with Crippen LogP contribution in [0.4, 0.5) is 5.69 Å². The number of hydrogen-bond donors (Lipinski definition) is 1. The Balaban J connectivity index is 1.89. The number of hydrogen-bond acceptors (Lipinski definition) is 4. The van der Waals surface area contributed by atoms with Crippen molar-refractivity contribution in [3.8, 4) is 0 Å². The molecule has 1 amide bonds. The Hall–Kier alpha value is -2.43. The predicted molar refractivity (Wildman–Crippen MR) is 89.7 cm³/mol. The van der Waals surface area contributed by atoms with Gasteiger partial charge in [0.25, 0.3) is 5.91 Å². The number of carbonyl (C=O) groups excluding carboxylic acids is 3. The number of carbonyl (C=O) groups is 3. The maximum absolute atomic E-state index is 12.8. The molecule has 1 spiro atoms. The van der Waals surface area contributed by atoms with E-state index in [2.05, 4.69) is 5.32 Å². The summed E-state index contributed by atoms with van der Waals surface area (Å²) in [5.74, 6) is -0.787. The van der Waals surface area contributed by atoms with E-state index in [-0.39, 0.29) is 11.7 Å². The third-order valence-electron chi connectivity index (χ3n) is 4.84. The molecule has 1 fully saturated rings. The number of esters is 1. The van der Waals surface area contributed by atoms with Crippen LogP contribution in [0, 0.1) is 0 Å². The Morgan fingerprint density at radius 2 is 1.88 bits per heavy atom. The Kier molecular flexibility index (Phi) is 4.26. The van der Waals surface area contributed by atoms with E-state index in [1.165, 1.54) is 6.92 Å². The molecule has 1 heterocycles. The Labute approximate surface area is 141 Å².